The molecule has 1 fully saturated rings. The number of methoxy groups -OCH3 is 1. The van der Waals surface area contributed by atoms with Crippen molar-refractivity contribution in [1.82, 2.24) is 4.90 Å². The summed E-state index contributed by atoms with van der Waals surface area (Å²) in [6, 6.07) is 14.6. The Hall–Kier alpha value is -2.04. The SMILES string of the molecule is COc1cc(C)ccc1OCCN1CCC2(CC1)c1ccccc1C[C@@H]2O. The van der Waals surface area contributed by atoms with E-state index in [1.165, 1.54) is 11.1 Å². The second-order valence-corrected chi connectivity index (χ2v) is 7.88. The van der Waals surface area contributed by atoms with Crippen molar-refractivity contribution in [2.45, 2.75) is 37.7 Å². The Bertz CT molecular complexity index is 796. The van der Waals surface area contributed by atoms with Gasteiger partial charge in [0.2, 0.25) is 0 Å². The first-order valence-electron chi connectivity index (χ1n) is 9.89. The molecular formula is C23H29NO3. The van der Waals surface area contributed by atoms with Gasteiger partial charge in [0.05, 0.1) is 13.2 Å². The minimum Gasteiger partial charge on any atom is -0.493 e. The van der Waals surface area contributed by atoms with Gasteiger partial charge in [-0.05, 0) is 68.1 Å². The lowest BCUT2D eigenvalue weighted by Crippen LogP contribution is -2.48. The molecule has 2 aromatic carbocycles. The molecule has 2 aliphatic rings. The lowest BCUT2D eigenvalue weighted by atomic mass is 9.72. The second-order valence-electron chi connectivity index (χ2n) is 7.88. The van der Waals surface area contributed by atoms with Gasteiger partial charge >= 0.3 is 0 Å². The third-order valence-electron chi connectivity index (χ3n) is 6.34. The van der Waals surface area contributed by atoms with Crippen LogP contribution in [0.1, 0.15) is 29.5 Å². The highest BCUT2D eigenvalue weighted by Gasteiger charge is 2.47. The summed E-state index contributed by atoms with van der Waals surface area (Å²) in [6.45, 7) is 5.58. The Balaban J connectivity index is 1.33. The highest BCUT2D eigenvalue weighted by atomic mass is 16.5. The minimum absolute atomic E-state index is 0.0475. The number of likely N-dealkylation sites (tertiary alicyclic amines) is 1. The lowest BCUT2D eigenvalue weighted by Gasteiger charge is -2.42. The maximum absolute atomic E-state index is 10.8. The first-order chi connectivity index (χ1) is 13.1. The number of ether oxygens (including phenoxy) is 2. The molecule has 4 heteroatoms. The number of hydrogen-bond acceptors (Lipinski definition) is 4. The second kappa shape index (κ2) is 7.53. The third-order valence-corrected chi connectivity index (χ3v) is 6.34. The summed E-state index contributed by atoms with van der Waals surface area (Å²) in [6.07, 6.45) is 2.58. The average molecular weight is 367 g/mol. The standard InChI is InChI=1S/C23H29NO3/c1-17-7-8-20(21(15-17)26-2)27-14-13-24-11-9-23(10-12-24)19-6-4-3-5-18(19)16-22(23)25/h3-8,15,22,25H,9-14,16H2,1-2H3/t22-/m0/s1. The number of piperidine rings is 1. The van der Waals surface area contributed by atoms with Crippen molar-refractivity contribution >= 4 is 0 Å². The van der Waals surface area contributed by atoms with Crippen LogP contribution in [-0.2, 0) is 11.8 Å². The van der Waals surface area contributed by atoms with Gasteiger partial charge in [-0.15, -0.1) is 0 Å². The molecule has 1 saturated heterocycles. The normalized spacial score (nSPS) is 21.2. The maximum atomic E-state index is 10.8. The van der Waals surface area contributed by atoms with Gasteiger partial charge in [0, 0.05) is 12.0 Å². The molecule has 1 heterocycles. The van der Waals surface area contributed by atoms with Crippen molar-refractivity contribution < 1.29 is 14.6 Å². The molecule has 0 radical (unpaired) electrons. The van der Waals surface area contributed by atoms with Crippen LogP contribution in [0.3, 0.4) is 0 Å². The van der Waals surface area contributed by atoms with Gasteiger partial charge in [0.15, 0.2) is 11.5 Å². The van der Waals surface area contributed by atoms with Crippen molar-refractivity contribution in [2.24, 2.45) is 0 Å². The molecule has 0 unspecified atom stereocenters. The average Bonchev–Trinajstić information content (AvgIpc) is 2.96. The number of fused-ring (bicyclic) bond motifs is 2. The molecule has 4 rings (SSSR count). The molecule has 4 nitrogen and oxygen atoms in total. The Morgan fingerprint density at radius 3 is 2.67 bits per heavy atom. The van der Waals surface area contributed by atoms with Gasteiger partial charge in [0.25, 0.3) is 0 Å². The van der Waals surface area contributed by atoms with Gasteiger partial charge in [0.1, 0.15) is 6.61 Å². The van der Waals surface area contributed by atoms with Crippen LogP contribution in [0.4, 0.5) is 0 Å². The third kappa shape index (κ3) is 3.44. The highest BCUT2D eigenvalue weighted by molar-refractivity contribution is 5.43. The summed E-state index contributed by atoms with van der Waals surface area (Å²) in [5.41, 5.74) is 3.82. The van der Waals surface area contributed by atoms with Crippen molar-refractivity contribution in [3.8, 4) is 11.5 Å². The van der Waals surface area contributed by atoms with Crippen LogP contribution >= 0.6 is 0 Å². The van der Waals surface area contributed by atoms with Gasteiger partial charge in [-0.1, -0.05) is 30.3 Å². The van der Waals surface area contributed by atoms with Crippen molar-refractivity contribution in [1.29, 1.82) is 0 Å². The summed E-state index contributed by atoms with van der Waals surface area (Å²) in [7, 11) is 1.68. The number of hydrogen-bond donors (Lipinski definition) is 1. The Labute approximate surface area is 161 Å². The van der Waals surface area contributed by atoms with E-state index in [9.17, 15) is 5.11 Å². The van der Waals surface area contributed by atoms with Crippen LogP contribution in [0.2, 0.25) is 0 Å². The van der Waals surface area contributed by atoms with E-state index in [-0.39, 0.29) is 11.5 Å². The molecule has 1 atom stereocenters. The van der Waals surface area contributed by atoms with Crippen molar-refractivity contribution in [2.75, 3.05) is 33.4 Å². The number of aliphatic hydroxyl groups is 1. The van der Waals surface area contributed by atoms with E-state index in [1.807, 2.05) is 25.1 Å². The molecule has 0 saturated carbocycles. The fraction of sp³-hybridized carbons (Fsp3) is 0.478. The predicted octanol–water partition coefficient (Wildman–Crippen LogP) is 3.33. The van der Waals surface area contributed by atoms with E-state index in [4.69, 9.17) is 9.47 Å². The number of rotatable bonds is 5. The molecule has 144 valence electrons. The molecule has 1 aliphatic heterocycles. The van der Waals surface area contributed by atoms with E-state index in [1.54, 1.807) is 7.11 Å². The summed E-state index contributed by atoms with van der Waals surface area (Å²) < 4.78 is 11.4. The van der Waals surface area contributed by atoms with E-state index in [0.717, 1.165) is 56.0 Å². The summed E-state index contributed by atoms with van der Waals surface area (Å²) in [4.78, 5) is 2.44. The molecule has 1 N–H and O–H groups in total. The first-order valence-corrected chi connectivity index (χ1v) is 9.89. The van der Waals surface area contributed by atoms with Gasteiger partial charge in [-0.25, -0.2) is 0 Å². The van der Waals surface area contributed by atoms with Gasteiger partial charge < -0.3 is 14.6 Å². The largest absolute Gasteiger partial charge is 0.493 e. The predicted molar refractivity (Wildman–Crippen MR) is 107 cm³/mol. The molecule has 2 aromatic rings. The fourth-order valence-corrected chi connectivity index (χ4v) is 4.72. The van der Waals surface area contributed by atoms with E-state index in [2.05, 4.69) is 29.2 Å². The van der Waals surface area contributed by atoms with Crippen molar-refractivity contribution in [3.63, 3.8) is 0 Å². The zero-order chi connectivity index (χ0) is 18.9. The zero-order valence-electron chi connectivity index (χ0n) is 16.3. The van der Waals surface area contributed by atoms with E-state index < -0.39 is 0 Å². The molecular weight excluding hydrogens is 338 g/mol. The molecule has 0 aromatic heterocycles. The van der Waals surface area contributed by atoms with Crippen LogP contribution in [0, 0.1) is 6.92 Å². The maximum Gasteiger partial charge on any atom is 0.161 e. The van der Waals surface area contributed by atoms with Crippen LogP contribution in [0.15, 0.2) is 42.5 Å². The summed E-state index contributed by atoms with van der Waals surface area (Å²) in [5.74, 6) is 1.59. The summed E-state index contributed by atoms with van der Waals surface area (Å²) >= 11 is 0. The van der Waals surface area contributed by atoms with E-state index >= 15 is 0 Å². The van der Waals surface area contributed by atoms with Gasteiger partial charge in [-0.2, -0.15) is 0 Å². The van der Waals surface area contributed by atoms with Gasteiger partial charge in [-0.3, -0.25) is 4.90 Å². The minimum atomic E-state index is -0.245. The molecule has 27 heavy (non-hydrogen) atoms. The molecule has 0 amide bonds. The fourth-order valence-electron chi connectivity index (χ4n) is 4.72. The summed E-state index contributed by atoms with van der Waals surface area (Å²) in [5, 5.41) is 10.8. The molecule has 1 aliphatic carbocycles. The number of nitrogens with zero attached hydrogens (tertiary/aromatic N) is 1. The van der Waals surface area contributed by atoms with E-state index in [0.29, 0.717) is 6.61 Å². The number of aliphatic hydroxyl groups excluding tert-OH is 1. The van der Waals surface area contributed by atoms with Crippen molar-refractivity contribution in [3.05, 3.63) is 59.2 Å². The molecule has 1 spiro atoms. The monoisotopic (exact) mass is 367 g/mol. The number of benzene rings is 2. The lowest BCUT2D eigenvalue weighted by molar-refractivity contribution is 0.0400. The first kappa shape index (κ1) is 18.3. The molecule has 0 bridgehead atoms. The van der Waals surface area contributed by atoms with Crippen LogP contribution in [-0.4, -0.2) is 49.5 Å². The smallest absolute Gasteiger partial charge is 0.161 e. The van der Waals surface area contributed by atoms with Crippen LogP contribution < -0.4 is 9.47 Å². The Morgan fingerprint density at radius 2 is 1.89 bits per heavy atom. The highest BCUT2D eigenvalue weighted by Crippen LogP contribution is 2.46. The Kier molecular flexibility index (Phi) is 5.11. The topological polar surface area (TPSA) is 41.9 Å². The van der Waals surface area contributed by atoms with Crippen LogP contribution in [0.25, 0.3) is 0 Å². The quantitative estimate of drug-likeness (QED) is 0.880. The Morgan fingerprint density at radius 1 is 1.11 bits per heavy atom. The van der Waals surface area contributed by atoms with Crippen LogP contribution in [0.5, 0.6) is 11.5 Å². The zero-order valence-corrected chi connectivity index (χ0v) is 16.3. The number of aryl methyl sites for hydroxylation is 1.